The minimum atomic E-state index is -1.12. The molecule has 0 radical (unpaired) electrons. The summed E-state index contributed by atoms with van der Waals surface area (Å²) < 4.78 is 0. The lowest BCUT2D eigenvalue weighted by Crippen LogP contribution is -2.06. The topological polar surface area (TPSA) is 89.1 Å². The molecule has 0 bridgehead atoms. The molecule has 0 spiro atoms. The van der Waals surface area contributed by atoms with Crippen molar-refractivity contribution in [1.29, 1.82) is 0 Å². The highest BCUT2D eigenvalue weighted by Crippen LogP contribution is 2.22. The smallest absolute Gasteiger partial charge is 0.354 e. The quantitative estimate of drug-likeness (QED) is 0.882. The third-order valence-electron chi connectivity index (χ3n) is 2.84. The lowest BCUT2D eigenvalue weighted by Gasteiger charge is -2.07. The zero-order valence-corrected chi connectivity index (χ0v) is 10.8. The number of carboxylic acids is 1. The predicted molar refractivity (Wildman–Crippen MR) is 72.9 cm³/mol. The number of carboxylic acid groups (broad SMARTS) is 1. The number of rotatable bonds is 3. The molecule has 0 amide bonds. The number of aromatic carboxylic acids is 1. The van der Waals surface area contributed by atoms with Gasteiger partial charge in [-0.05, 0) is 17.5 Å². The maximum Gasteiger partial charge on any atom is 0.354 e. The minimum absolute atomic E-state index is 0.0390. The van der Waals surface area contributed by atoms with Crippen molar-refractivity contribution in [2.45, 2.75) is 19.8 Å². The molecule has 3 N–H and O–H groups in total. The van der Waals surface area contributed by atoms with Crippen molar-refractivity contribution < 1.29 is 9.90 Å². The first kappa shape index (κ1) is 13.0. The van der Waals surface area contributed by atoms with Crippen LogP contribution in [0.25, 0.3) is 11.3 Å². The summed E-state index contributed by atoms with van der Waals surface area (Å²) in [7, 11) is 0. The van der Waals surface area contributed by atoms with E-state index in [-0.39, 0.29) is 11.6 Å². The lowest BCUT2D eigenvalue weighted by molar-refractivity contribution is 0.0690. The molecule has 2 rings (SSSR count). The Kier molecular flexibility index (Phi) is 3.46. The standard InChI is InChI=1S/C14H15N3O2/c1-8(2)9-3-5-10(6-4-9)11-7-12(13(18)19)17-14(15)16-11/h3-8H,1-2H3,(H,18,19)(H2,15,16,17). The first-order valence-electron chi connectivity index (χ1n) is 5.95. The van der Waals surface area contributed by atoms with Crippen molar-refractivity contribution in [3.8, 4) is 11.3 Å². The van der Waals surface area contributed by atoms with E-state index < -0.39 is 5.97 Å². The number of benzene rings is 1. The Morgan fingerprint density at radius 3 is 2.37 bits per heavy atom. The Labute approximate surface area is 111 Å². The Hall–Kier alpha value is -2.43. The normalized spacial score (nSPS) is 10.7. The predicted octanol–water partition coefficient (Wildman–Crippen LogP) is 2.55. The number of hydrogen-bond donors (Lipinski definition) is 2. The van der Waals surface area contributed by atoms with Crippen molar-refractivity contribution in [2.75, 3.05) is 5.73 Å². The largest absolute Gasteiger partial charge is 0.477 e. The molecule has 19 heavy (non-hydrogen) atoms. The Bertz CT molecular complexity index is 607. The van der Waals surface area contributed by atoms with Crippen LogP contribution >= 0.6 is 0 Å². The second kappa shape index (κ2) is 5.06. The van der Waals surface area contributed by atoms with Crippen molar-refractivity contribution in [2.24, 2.45) is 0 Å². The monoisotopic (exact) mass is 257 g/mol. The van der Waals surface area contributed by atoms with Gasteiger partial charge < -0.3 is 10.8 Å². The summed E-state index contributed by atoms with van der Waals surface area (Å²) in [6.07, 6.45) is 0. The molecule has 1 aromatic heterocycles. The molecule has 0 saturated heterocycles. The van der Waals surface area contributed by atoms with Crippen molar-refractivity contribution >= 4 is 11.9 Å². The summed E-state index contributed by atoms with van der Waals surface area (Å²) in [5, 5.41) is 8.95. The van der Waals surface area contributed by atoms with Gasteiger partial charge in [-0.2, -0.15) is 0 Å². The van der Waals surface area contributed by atoms with E-state index in [4.69, 9.17) is 10.8 Å². The Morgan fingerprint density at radius 1 is 1.21 bits per heavy atom. The summed E-state index contributed by atoms with van der Waals surface area (Å²) in [6, 6.07) is 9.23. The van der Waals surface area contributed by atoms with Crippen LogP contribution in [0.15, 0.2) is 30.3 Å². The number of carbonyl (C=O) groups is 1. The van der Waals surface area contributed by atoms with Gasteiger partial charge in [0.2, 0.25) is 5.95 Å². The number of hydrogen-bond acceptors (Lipinski definition) is 4. The van der Waals surface area contributed by atoms with Crippen LogP contribution in [-0.4, -0.2) is 21.0 Å². The minimum Gasteiger partial charge on any atom is -0.477 e. The number of aromatic nitrogens is 2. The summed E-state index contributed by atoms with van der Waals surface area (Å²) in [5.74, 6) is -0.712. The zero-order valence-electron chi connectivity index (χ0n) is 10.8. The van der Waals surface area contributed by atoms with Crippen LogP contribution < -0.4 is 5.73 Å². The maximum absolute atomic E-state index is 10.9. The van der Waals surface area contributed by atoms with Gasteiger partial charge in [0.05, 0.1) is 5.69 Å². The second-order valence-corrected chi connectivity index (χ2v) is 4.58. The van der Waals surface area contributed by atoms with E-state index in [1.165, 1.54) is 11.6 Å². The third-order valence-corrected chi connectivity index (χ3v) is 2.84. The molecule has 0 aliphatic rings. The van der Waals surface area contributed by atoms with Gasteiger partial charge in [-0.3, -0.25) is 0 Å². The molecular weight excluding hydrogens is 242 g/mol. The van der Waals surface area contributed by atoms with E-state index >= 15 is 0 Å². The van der Waals surface area contributed by atoms with Crippen LogP contribution in [0.1, 0.15) is 35.8 Å². The fourth-order valence-electron chi connectivity index (χ4n) is 1.76. The first-order chi connectivity index (χ1) is 8.97. The second-order valence-electron chi connectivity index (χ2n) is 4.58. The SMILES string of the molecule is CC(C)c1ccc(-c2cc(C(=O)O)nc(N)n2)cc1. The van der Waals surface area contributed by atoms with Gasteiger partial charge in [0.15, 0.2) is 5.69 Å². The van der Waals surface area contributed by atoms with E-state index in [9.17, 15) is 4.79 Å². The van der Waals surface area contributed by atoms with Crippen molar-refractivity contribution in [3.63, 3.8) is 0 Å². The highest BCUT2D eigenvalue weighted by Gasteiger charge is 2.10. The molecule has 2 aromatic rings. The lowest BCUT2D eigenvalue weighted by atomic mass is 10.0. The van der Waals surface area contributed by atoms with Crippen LogP contribution in [0.5, 0.6) is 0 Å². The van der Waals surface area contributed by atoms with E-state index in [1.807, 2.05) is 24.3 Å². The van der Waals surface area contributed by atoms with Gasteiger partial charge >= 0.3 is 5.97 Å². The molecule has 0 aliphatic carbocycles. The summed E-state index contributed by atoms with van der Waals surface area (Å²) in [5.41, 5.74) is 7.97. The molecule has 0 aliphatic heterocycles. The van der Waals surface area contributed by atoms with Gasteiger partial charge in [-0.1, -0.05) is 38.1 Å². The van der Waals surface area contributed by atoms with Crippen LogP contribution in [0.4, 0.5) is 5.95 Å². The molecule has 0 saturated carbocycles. The van der Waals surface area contributed by atoms with Gasteiger partial charge in [0.25, 0.3) is 0 Å². The molecule has 0 atom stereocenters. The van der Waals surface area contributed by atoms with Crippen LogP contribution in [0, 0.1) is 0 Å². The molecule has 0 unspecified atom stereocenters. The van der Waals surface area contributed by atoms with E-state index in [2.05, 4.69) is 23.8 Å². The van der Waals surface area contributed by atoms with E-state index in [0.29, 0.717) is 11.6 Å². The van der Waals surface area contributed by atoms with Crippen molar-refractivity contribution in [3.05, 3.63) is 41.6 Å². The molecule has 1 heterocycles. The van der Waals surface area contributed by atoms with Crippen LogP contribution in [0.3, 0.4) is 0 Å². The molecule has 0 fully saturated rings. The third kappa shape index (κ3) is 2.88. The summed E-state index contributed by atoms with van der Waals surface area (Å²) in [4.78, 5) is 18.7. The fraction of sp³-hybridized carbons (Fsp3) is 0.214. The van der Waals surface area contributed by atoms with E-state index in [1.54, 1.807) is 0 Å². The highest BCUT2D eigenvalue weighted by molar-refractivity contribution is 5.87. The molecule has 1 aromatic carbocycles. The average molecular weight is 257 g/mol. The summed E-state index contributed by atoms with van der Waals surface area (Å²) in [6.45, 7) is 4.22. The molecule has 5 heteroatoms. The Morgan fingerprint density at radius 2 is 1.84 bits per heavy atom. The van der Waals surface area contributed by atoms with Gasteiger partial charge in [0, 0.05) is 5.56 Å². The van der Waals surface area contributed by atoms with E-state index in [0.717, 1.165) is 5.56 Å². The van der Waals surface area contributed by atoms with Crippen molar-refractivity contribution in [1.82, 2.24) is 9.97 Å². The van der Waals surface area contributed by atoms with Crippen LogP contribution in [-0.2, 0) is 0 Å². The van der Waals surface area contributed by atoms with Crippen LogP contribution in [0.2, 0.25) is 0 Å². The van der Waals surface area contributed by atoms with Gasteiger partial charge in [-0.25, -0.2) is 14.8 Å². The average Bonchev–Trinajstić information content (AvgIpc) is 2.38. The zero-order chi connectivity index (χ0) is 14.0. The Balaban J connectivity index is 2.43. The maximum atomic E-state index is 10.9. The van der Waals surface area contributed by atoms with Gasteiger partial charge in [0.1, 0.15) is 0 Å². The van der Waals surface area contributed by atoms with Gasteiger partial charge in [-0.15, -0.1) is 0 Å². The fourth-order valence-corrected chi connectivity index (χ4v) is 1.76. The molecule has 98 valence electrons. The molecule has 5 nitrogen and oxygen atoms in total. The number of nitrogen functional groups attached to an aromatic ring is 1. The first-order valence-corrected chi connectivity index (χ1v) is 5.95. The number of nitrogens with two attached hydrogens (primary N) is 1. The highest BCUT2D eigenvalue weighted by atomic mass is 16.4. The number of anilines is 1. The summed E-state index contributed by atoms with van der Waals surface area (Å²) >= 11 is 0. The molecular formula is C14H15N3O2. The number of nitrogens with zero attached hydrogens (tertiary/aromatic N) is 2.